The van der Waals surface area contributed by atoms with Crippen LogP contribution in [0.25, 0.3) is 0 Å². The summed E-state index contributed by atoms with van der Waals surface area (Å²) >= 11 is 3.41. The maximum absolute atomic E-state index is 12.4. The number of rotatable bonds is 8. The van der Waals surface area contributed by atoms with Crippen molar-refractivity contribution in [3.8, 4) is 5.75 Å². The molecule has 1 N–H and O–H groups in total. The van der Waals surface area contributed by atoms with Crippen molar-refractivity contribution >= 4 is 27.7 Å². The molecule has 0 unspecified atom stereocenters. The second kappa shape index (κ2) is 11.0. The number of nitrogens with zero attached hydrogens (tertiary/aromatic N) is 1. The molecule has 2 aromatic rings. The fraction of sp³-hybridized carbons (Fsp3) is 0.391. The molecule has 1 aliphatic rings. The summed E-state index contributed by atoms with van der Waals surface area (Å²) < 4.78 is 6.66. The zero-order chi connectivity index (χ0) is 20.5. The number of ether oxygens (including phenoxy) is 1. The van der Waals surface area contributed by atoms with Gasteiger partial charge in [-0.3, -0.25) is 9.59 Å². The van der Waals surface area contributed by atoms with Gasteiger partial charge in [0.2, 0.25) is 11.8 Å². The molecule has 29 heavy (non-hydrogen) atoms. The number of likely N-dealkylation sites (tertiary alicyclic amines) is 1. The lowest BCUT2D eigenvalue weighted by Crippen LogP contribution is -2.42. The van der Waals surface area contributed by atoms with E-state index in [1.165, 1.54) is 0 Å². The molecule has 2 aromatic carbocycles. The molecule has 2 amide bonds. The molecule has 0 aliphatic carbocycles. The monoisotopic (exact) mass is 458 g/mol. The van der Waals surface area contributed by atoms with Gasteiger partial charge in [0.1, 0.15) is 5.75 Å². The smallest absolute Gasteiger partial charge is 0.223 e. The normalized spacial score (nSPS) is 14.4. The number of piperidine rings is 1. The molecule has 1 heterocycles. The van der Waals surface area contributed by atoms with Crippen molar-refractivity contribution in [2.24, 2.45) is 5.92 Å². The second-order valence-electron chi connectivity index (χ2n) is 7.27. The number of amides is 2. The van der Waals surface area contributed by atoms with Crippen LogP contribution in [0.15, 0.2) is 59.1 Å². The van der Waals surface area contributed by atoms with Crippen molar-refractivity contribution < 1.29 is 14.3 Å². The van der Waals surface area contributed by atoms with Crippen LogP contribution in [0.2, 0.25) is 0 Å². The van der Waals surface area contributed by atoms with E-state index < -0.39 is 0 Å². The average Bonchev–Trinajstić information content (AvgIpc) is 2.76. The number of hydrogen-bond donors (Lipinski definition) is 1. The van der Waals surface area contributed by atoms with E-state index >= 15 is 0 Å². The molecule has 0 atom stereocenters. The van der Waals surface area contributed by atoms with E-state index in [4.69, 9.17) is 4.74 Å². The third-order valence-electron chi connectivity index (χ3n) is 5.13. The lowest BCUT2D eigenvalue weighted by atomic mass is 9.95. The predicted octanol–water partition coefficient (Wildman–Crippen LogP) is 4.16. The predicted molar refractivity (Wildman–Crippen MR) is 116 cm³/mol. The molecule has 0 bridgehead atoms. The third-order valence-corrected chi connectivity index (χ3v) is 5.62. The molecule has 154 valence electrons. The summed E-state index contributed by atoms with van der Waals surface area (Å²) in [5.41, 5.74) is 1.10. The van der Waals surface area contributed by atoms with Gasteiger partial charge < -0.3 is 15.0 Å². The van der Waals surface area contributed by atoms with E-state index in [0.717, 1.165) is 28.6 Å². The Labute approximate surface area is 180 Å². The number of nitrogens with one attached hydrogen (secondary N) is 1. The van der Waals surface area contributed by atoms with E-state index in [0.29, 0.717) is 39.1 Å². The molecule has 1 saturated heterocycles. The summed E-state index contributed by atoms with van der Waals surface area (Å²) in [6.07, 6.45) is 2.60. The van der Waals surface area contributed by atoms with Gasteiger partial charge in [-0.05, 0) is 43.0 Å². The van der Waals surface area contributed by atoms with Crippen molar-refractivity contribution in [3.05, 3.63) is 64.6 Å². The average molecular weight is 459 g/mol. The van der Waals surface area contributed by atoms with Gasteiger partial charge in [-0.2, -0.15) is 0 Å². The van der Waals surface area contributed by atoms with Crippen LogP contribution in [0.4, 0.5) is 0 Å². The number of halogens is 1. The molecule has 1 fully saturated rings. The summed E-state index contributed by atoms with van der Waals surface area (Å²) in [6.45, 7) is 2.36. The van der Waals surface area contributed by atoms with Crippen LogP contribution >= 0.6 is 15.9 Å². The number of carbonyl (C=O) groups is 2. The molecular formula is C23H27BrN2O3. The topological polar surface area (TPSA) is 58.6 Å². The highest BCUT2D eigenvalue weighted by atomic mass is 79.9. The Morgan fingerprint density at radius 3 is 2.55 bits per heavy atom. The molecule has 0 spiro atoms. The van der Waals surface area contributed by atoms with Crippen LogP contribution in [-0.2, 0) is 16.1 Å². The van der Waals surface area contributed by atoms with E-state index in [1.807, 2.05) is 59.5 Å². The van der Waals surface area contributed by atoms with Gasteiger partial charge in [-0.25, -0.2) is 0 Å². The second-order valence-corrected chi connectivity index (χ2v) is 8.18. The Bertz CT molecular complexity index is 805. The largest absolute Gasteiger partial charge is 0.494 e. The van der Waals surface area contributed by atoms with Gasteiger partial charge in [0.15, 0.2) is 0 Å². The minimum atomic E-state index is -0.0115. The molecule has 0 aromatic heterocycles. The van der Waals surface area contributed by atoms with Crippen molar-refractivity contribution in [2.45, 2.75) is 32.2 Å². The van der Waals surface area contributed by atoms with Crippen molar-refractivity contribution in [2.75, 3.05) is 19.7 Å². The molecule has 6 heteroatoms. The molecule has 0 radical (unpaired) electrons. The highest BCUT2D eigenvalue weighted by Crippen LogP contribution is 2.20. The van der Waals surface area contributed by atoms with Crippen molar-refractivity contribution in [1.82, 2.24) is 10.2 Å². The number of hydrogen-bond acceptors (Lipinski definition) is 3. The number of carbonyl (C=O) groups excluding carboxylic acids is 2. The Hall–Kier alpha value is -2.34. The van der Waals surface area contributed by atoms with Gasteiger partial charge in [-0.1, -0.05) is 52.3 Å². The standard InChI is InChI=1S/C23H27BrN2O3/c24-20-8-4-9-21(16-20)29-15-5-10-22(27)26-13-11-19(12-14-26)23(28)25-17-18-6-2-1-3-7-18/h1-4,6-9,16,19H,5,10-15,17H2,(H,25,28). The lowest BCUT2D eigenvalue weighted by molar-refractivity contribution is -0.135. The molecule has 3 rings (SSSR count). The Kier molecular flexibility index (Phi) is 8.11. The Morgan fingerprint density at radius 2 is 1.83 bits per heavy atom. The van der Waals surface area contributed by atoms with E-state index in [-0.39, 0.29) is 17.7 Å². The summed E-state index contributed by atoms with van der Waals surface area (Å²) in [5, 5.41) is 3.01. The van der Waals surface area contributed by atoms with Crippen molar-refractivity contribution in [1.29, 1.82) is 0 Å². The molecule has 0 saturated carbocycles. The summed E-state index contributed by atoms with van der Waals surface area (Å²) in [4.78, 5) is 26.7. The summed E-state index contributed by atoms with van der Waals surface area (Å²) in [5.74, 6) is 1.02. The maximum atomic E-state index is 12.4. The summed E-state index contributed by atoms with van der Waals surface area (Å²) in [7, 11) is 0. The Balaban J connectivity index is 1.32. The third kappa shape index (κ3) is 6.89. The SMILES string of the molecule is O=C(NCc1ccccc1)C1CCN(C(=O)CCCOc2cccc(Br)c2)CC1. The van der Waals surface area contributed by atoms with Crippen LogP contribution < -0.4 is 10.1 Å². The van der Waals surface area contributed by atoms with Gasteiger partial charge in [-0.15, -0.1) is 0 Å². The Morgan fingerprint density at radius 1 is 1.07 bits per heavy atom. The first kappa shape index (κ1) is 21.4. The van der Waals surface area contributed by atoms with Crippen LogP contribution in [-0.4, -0.2) is 36.4 Å². The van der Waals surface area contributed by atoms with E-state index in [1.54, 1.807) is 0 Å². The molecule has 1 aliphatic heterocycles. The quantitative estimate of drug-likeness (QED) is 0.604. The summed E-state index contributed by atoms with van der Waals surface area (Å²) in [6, 6.07) is 17.6. The first-order chi connectivity index (χ1) is 14.1. The fourth-order valence-corrected chi connectivity index (χ4v) is 3.83. The van der Waals surface area contributed by atoms with Crippen LogP contribution in [0.3, 0.4) is 0 Å². The van der Waals surface area contributed by atoms with Crippen LogP contribution in [0.5, 0.6) is 5.75 Å². The van der Waals surface area contributed by atoms with Gasteiger partial charge in [0.05, 0.1) is 6.61 Å². The minimum absolute atomic E-state index is 0.0115. The van der Waals surface area contributed by atoms with E-state index in [2.05, 4.69) is 21.2 Å². The van der Waals surface area contributed by atoms with Crippen LogP contribution in [0.1, 0.15) is 31.2 Å². The highest BCUT2D eigenvalue weighted by molar-refractivity contribution is 9.10. The lowest BCUT2D eigenvalue weighted by Gasteiger charge is -2.31. The zero-order valence-corrected chi connectivity index (χ0v) is 18.1. The molecule has 5 nitrogen and oxygen atoms in total. The van der Waals surface area contributed by atoms with Gasteiger partial charge >= 0.3 is 0 Å². The fourth-order valence-electron chi connectivity index (χ4n) is 3.45. The maximum Gasteiger partial charge on any atom is 0.223 e. The highest BCUT2D eigenvalue weighted by Gasteiger charge is 2.26. The van der Waals surface area contributed by atoms with E-state index in [9.17, 15) is 9.59 Å². The van der Waals surface area contributed by atoms with Gasteiger partial charge in [0, 0.05) is 36.4 Å². The van der Waals surface area contributed by atoms with Crippen LogP contribution in [0, 0.1) is 5.92 Å². The first-order valence-electron chi connectivity index (χ1n) is 10.1. The molecular weight excluding hydrogens is 432 g/mol. The number of benzene rings is 2. The van der Waals surface area contributed by atoms with Gasteiger partial charge in [0.25, 0.3) is 0 Å². The minimum Gasteiger partial charge on any atom is -0.494 e. The first-order valence-corrected chi connectivity index (χ1v) is 10.9. The zero-order valence-electron chi connectivity index (χ0n) is 16.5. The van der Waals surface area contributed by atoms with Crippen molar-refractivity contribution in [3.63, 3.8) is 0 Å².